The van der Waals surface area contributed by atoms with Crippen molar-refractivity contribution in [3.63, 3.8) is 0 Å². The molecule has 0 saturated carbocycles. The lowest BCUT2D eigenvalue weighted by molar-refractivity contribution is -0.146. The summed E-state index contributed by atoms with van der Waals surface area (Å²) in [6.07, 6.45) is 0.808. The maximum Gasteiger partial charge on any atom is 0.346 e. The Kier molecular flexibility index (Phi) is 7.00. The molecule has 0 aliphatic heterocycles. The first-order chi connectivity index (χ1) is 18.7. The summed E-state index contributed by atoms with van der Waals surface area (Å²) < 4.78 is 45.4. The molecular weight excluding hydrogens is 522 g/mol. The molecule has 5 rings (SSSR count). The molecule has 39 heavy (non-hydrogen) atoms. The van der Waals surface area contributed by atoms with Crippen LogP contribution in [0.2, 0.25) is 0 Å². The second-order valence-corrected chi connectivity index (χ2v) is 11.0. The SMILES string of the molecule is CCCOc1cccc(CC(=O)OCn2c(=O)n(S(=O)(=O)c3ccc(C)cc3)c3cc4onc(C)c4cc32)c1. The number of carbonyl (C=O) groups is 1. The van der Waals surface area contributed by atoms with Crippen molar-refractivity contribution in [1.29, 1.82) is 0 Å². The monoisotopic (exact) mass is 549 g/mol. The van der Waals surface area contributed by atoms with Crippen LogP contribution in [0.15, 0.2) is 74.9 Å². The second kappa shape index (κ2) is 10.4. The van der Waals surface area contributed by atoms with Crippen molar-refractivity contribution in [3.05, 3.63) is 88.0 Å². The number of carbonyl (C=O) groups excluding carboxylic acids is 1. The molecule has 11 heteroatoms. The van der Waals surface area contributed by atoms with E-state index in [0.717, 1.165) is 16.6 Å². The Bertz CT molecular complexity index is 1850. The molecule has 0 aliphatic carbocycles. The summed E-state index contributed by atoms with van der Waals surface area (Å²) in [4.78, 5) is 26.2. The van der Waals surface area contributed by atoms with Gasteiger partial charge in [0.2, 0.25) is 0 Å². The number of fused-ring (bicyclic) bond motifs is 2. The smallest absolute Gasteiger partial charge is 0.346 e. The Morgan fingerprint density at radius 1 is 1.03 bits per heavy atom. The van der Waals surface area contributed by atoms with Crippen LogP contribution in [0.25, 0.3) is 22.0 Å². The molecule has 10 nitrogen and oxygen atoms in total. The van der Waals surface area contributed by atoms with Crippen LogP contribution in [-0.4, -0.2) is 34.7 Å². The number of hydrogen-bond donors (Lipinski definition) is 0. The maximum absolute atomic E-state index is 13.6. The Labute approximate surface area is 224 Å². The van der Waals surface area contributed by atoms with Gasteiger partial charge in [0.05, 0.1) is 34.7 Å². The maximum atomic E-state index is 13.6. The van der Waals surface area contributed by atoms with Gasteiger partial charge in [0.25, 0.3) is 10.0 Å². The second-order valence-electron chi connectivity index (χ2n) is 9.22. The van der Waals surface area contributed by atoms with Crippen LogP contribution in [-0.2, 0) is 32.7 Å². The van der Waals surface area contributed by atoms with Crippen molar-refractivity contribution in [1.82, 2.24) is 13.7 Å². The Morgan fingerprint density at radius 2 is 1.79 bits per heavy atom. The highest BCUT2D eigenvalue weighted by molar-refractivity contribution is 7.90. The molecular formula is C28H27N3O7S. The molecule has 0 saturated heterocycles. The molecule has 0 fully saturated rings. The number of aromatic nitrogens is 3. The number of nitrogens with zero attached hydrogens (tertiary/aromatic N) is 3. The van der Waals surface area contributed by atoms with E-state index in [1.807, 2.05) is 13.8 Å². The Morgan fingerprint density at radius 3 is 2.54 bits per heavy atom. The first-order valence-corrected chi connectivity index (χ1v) is 13.8. The third kappa shape index (κ3) is 5.05. The highest BCUT2D eigenvalue weighted by Crippen LogP contribution is 2.27. The third-order valence-electron chi connectivity index (χ3n) is 6.30. The zero-order chi connectivity index (χ0) is 27.7. The summed E-state index contributed by atoms with van der Waals surface area (Å²) in [5.41, 5.74) is 1.93. The Hall–Kier alpha value is -4.38. The van der Waals surface area contributed by atoms with Gasteiger partial charge in [-0.2, -0.15) is 3.97 Å². The van der Waals surface area contributed by atoms with E-state index in [2.05, 4.69) is 5.16 Å². The molecule has 0 aliphatic rings. The van der Waals surface area contributed by atoms with E-state index in [1.54, 1.807) is 49.4 Å². The number of imidazole rings is 1. The van der Waals surface area contributed by atoms with E-state index in [4.69, 9.17) is 14.0 Å². The standard InChI is InChI=1S/C28H27N3O7S/c1-4-12-36-21-7-5-6-20(13-21)14-27(32)37-17-30-24-15-23-19(3)29-38-26(23)16-25(24)31(28(30)33)39(34,35)22-10-8-18(2)9-11-22/h5-11,13,15-16H,4,12,14,17H2,1-3H3. The van der Waals surface area contributed by atoms with E-state index in [0.29, 0.717) is 38.6 Å². The molecule has 2 aromatic heterocycles. The van der Waals surface area contributed by atoms with Crippen molar-refractivity contribution in [3.8, 4) is 5.75 Å². The summed E-state index contributed by atoms with van der Waals surface area (Å²) in [7, 11) is -4.29. The molecule has 0 unspecified atom stereocenters. The van der Waals surface area contributed by atoms with Crippen molar-refractivity contribution < 1.29 is 27.2 Å². The average Bonchev–Trinajstić information content (AvgIpc) is 3.41. The summed E-state index contributed by atoms with van der Waals surface area (Å²) in [5, 5.41) is 4.55. The first-order valence-electron chi connectivity index (χ1n) is 12.4. The lowest BCUT2D eigenvalue weighted by Crippen LogP contribution is -2.30. The highest BCUT2D eigenvalue weighted by Gasteiger charge is 2.27. The first kappa shape index (κ1) is 26.2. The van der Waals surface area contributed by atoms with Gasteiger partial charge in [-0.1, -0.05) is 41.9 Å². The van der Waals surface area contributed by atoms with E-state index < -0.39 is 28.4 Å². The van der Waals surface area contributed by atoms with Crippen molar-refractivity contribution in [2.24, 2.45) is 0 Å². The highest BCUT2D eigenvalue weighted by atomic mass is 32.2. The third-order valence-corrected chi connectivity index (χ3v) is 8.00. The van der Waals surface area contributed by atoms with Gasteiger partial charge in [-0.05, 0) is 56.2 Å². The quantitative estimate of drug-likeness (QED) is 0.249. The van der Waals surface area contributed by atoms with Crippen LogP contribution in [0.3, 0.4) is 0 Å². The van der Waals surface area contributed by atoms with Gasteiger partial charge in [-0.15, -0.1) is 0 Å². The average molecular weight is 550 g/mol. The normalized spacial score (nSPS) is 11.8. The molecule has 0 bridgehead atoms. The summed E-state index contributed by atoms with van der Waals surface area (Å²) in [6, 6.07) is 16.4. The van der Waals surface area contributed by atoms with E-state index in [1.165, 1.54) is 18.2 Å². The number of aryl methyl sites for hydroxylation is 2. The Balaban J connectivity index is 1.51. The summed E-state index contributed by atoms with van der Waals surface area (Å²) in [5.74, 6) is 0.0648. The minimum Gasteiger partial charge on any atom is -0.494 e. The van der Waals surface area contributed by atoms with Gasteiger partial charge in [0.1, 0.15) is 5.75 Å². The van der Waals surface area contributed by atoms with Crippen molar-refractivity contribution >= 4 is 38.0 Å². The summed E-state index contributed by atoms with van der Waals surface area (Å²) in [6.45, 7) is 5.65. The number of ether oxygens (including phenoxy) is 2. The minimum absolute atomic E-state index is 0.0482. The van der Waals surface area contributed by atoms with E-state index >= 15 is 0 Å². The van der Waals surface area contributed by atoms with Gasteiger partial charge in [0.15, 0.2) is 12.3 Å². The number of esters is 1. The number of benzene rings is 3. The van der Waals surface area contributed by atoms with E-state index in [-0.39, 0.29) is 22.3 Å². The molecule has 5 aromatic rings. The lowest BCUT2D eigenvalue weighted by Gasteiger charge is -2.08. The van der Waals surface area contributed by atoms with Crippen LogP contribution in [0, 0.1) is 13.8 Å². The molecule has 0 amide bonds. The predicted molar refractivity (Wildman–Crippen MR) is 144 cm³/mol. The van der Waals surface area contributed by atoms with Crippen molar-refractivity contribution in [2.75, 3.05) is 6.61 Å². The number of rotatable bonds is 9. The fraction of sp³-hybridized carbons (Fsp3) is 0.250. The van der Waals surface area contributed by atoms with Gasteiger partial charge >= 0.3 is 11.7 Å². The number of hydrogen-bond acceptors (Lipinski definition) is 8. The molecule has 202 valence electrons. The largest absolute Gasteiger partial charge is 0.494 e. The fourth-order valence-electron chi connectivity index (χ4n) is 4.27. The van der Waals surface area contributed by atoms with Gasteiger partial charge in [-0.3, -0.25) is 9.36 Å². The molecule has 0 N–H and O–H groups in total. The van der Waals surface area contributed by atoms with Crippen LogP contribution < -0.4 is 10.4 Å². The topological polar surface area (TPSA) is 123 Å². The van der Waals surface area contributed by atoms with Crippen LogP contribution in [0.1, 0.15) is 30.2 Å². The van der Waals surface area contributed by atoms with Crippen LogP contribution in [0.5, 0.6) is 5.75 Å². The van der Waals surface area contributed by atoms with Gasteiger partial charge in [-0.25, -0.2) is 13.2 Å². The van der Waals surface area contributed by atoms with Crippen LogP contribution in [0.4, 0.5) is 0 Å². The van der Waals surface area contributed by atoms with Crippen LogP contribution >= 0.6 is 0 Å². The van der Waals surface area contributed by atoms with E-state index in [9.17, 15) is 18.0 Å². The van der Waals surface area contributed by atoms with Gasteiger partial charge in [0, 0.05) is 11.5 Å². The predicted octanol–water partition coefficient (Wildman–Crippen LogP) is 4.33. The lowest BCUT2D eigenvalue weighted by atomic mass is 10.1. The molecule has 0 radical (unpaired) electrons. The van der Waals surface area contributed by atoms with Crippen molar-refractivity contribution in [2.45, 2.75) is 45.2 Å². The molecule has 3 aromatic carbocycles. The molecule has 0 spiro atoms. The minimum atomic E-state index is -4.29. The zero-order valence-corrected chi connectivity index (χ0v) is 22.5. The molecule has 0 atom stereocenters. The van der Waals surface area contributed by atoms with Gasteiger partial charge < -0.3 is 14.0 Å². The zero-order valence-electron chi connectivity index (χ0n) is 21.7. The summed E-state index contributed by atoms with van der Waals surface area (Å²) >= 11 is 0. The molecule has 2 heterocycles. The fourth-order valence-corrected chi connectivity index (χ4v) is 5.67.